The Hall–Kier alpha value is -1.58. The third kappa shape index (κ3) is 5.66. The number of carbonyl (C=O) groups excluding carboxylic acids is 1. The Balaban J connectivity index is 1.73. The highest BCUT2D eigenvalue weighted by molar-refractivity contribution is 5.76. The maximum atomic E-state index is 12.0. The van der Waals surface area contributed by atoms with Gasteiger partial charge < -0.3 is 10.1 Å². The zero-order chi connectivity index (χ0) is 16.2. The molecule has 0 spiro atoms. The molecule has 0 unspecified atom stereocenters. The number of aromatic nitrogens is 1. The standard InChI is InChI=1S/C18H28N2O2/c1-13-5-10-17(19-12-13)22-15-8-6-14(7-9-15)20-16(21)11-18(2,3)4/h5,10,12,14-15H,6-9,11H2,1-4H3,(H,20,21). The molecule has 1 fully saturated rings. The van der Waals surface area contributed by atoms with E-state index in [1.807, 2.05) is 25.3 Å². The lowest BCUT2D eigenvalue weighted by molar-refractivity contribution is -0.123. The van der Waals surface area contributed by atoms with Crippen LogP contribution in [0.2, 0.25) is 0 Å². The Morgan fingerprint density at radius 1 is 1.27 bits per heavy atom. The molecule has 4 nitrogen and oxygen atoms in total. The number of hydrogen-bond donors (Lipinski definition) is 1. The highest BCUT2D eigenvalue weighted by atomic mass is 16.5. The minimum absolute atomic E-state index is 0.0432. The van der Waals surface area contributed by atoms with E-state index in [4.69, 9.17) is 4.74 Å². The normalized spacial score (nSPS) is 22.2. The van der Waals surface area contributed by atoms with Crippen molar-refractivity contribution in [2.24, 2.45) is 5.41 Å². The topological polar surface area (TPSA) is 51.2 Å². The summed E-state index contributed by atoms with van der Waals surface area (Å²) in [6, 6.07) is 4.23. The summed E-state index contributed by atoms with van der Waals surface area (Å²) in [6.45, 7) is 8.28. The molecule has 1 heterocycles. The second kappa shape index (κ2) is 7.12. The fraction of sp³-hybridized carbons (Fsp3) is 0.667. The first-order valence-electron chi connectivity index (χ1n) is 8.20. The third-order valence-electron chi connectivity index (χ3n) is 3.90. The first-order valence-corrected chi connectivity index (χ1v) is 8.20. The van der Waals surface area contributed by atoms with Gasteiger partial charge in [0, 0.05) is 24.7 Å². The summed E-state index contributed by atoms with van der Waals surface area (Å²) < 4.78 is 5.92. The number of rotatable bonds is 4. The third-order valence-corrected chi connectivity index (χ3v) is 3.90. The van der Waals surface area contributed by atoms with E-state index in [1.165, 1.54) is 0 Å². The van der Waals surface area contributed by atoms with Crippen molar-refractivity contribution in [3.63, 3.8) is 0 Å². The molecule has 4 heteroatoms. The van der Waals surface area contributed by atoms with Gasteiger partial charge in [-0.25, -0.2) is 4.98 Å². The van der Waals surface area contributed by atoms with E-state index in [1.54, 1.807) is 0 Å². The van der Waals surface area contributed by atoms with E-state index in [9.17, 15) is 4.79 Å². The van der Waals surface area contributed by atoms with Crippen LogP contribution >= 0.6 is 0 Å². The van der Waals surface area contributed by atoms with Gasteiger partial charge in [0.2, 0.25) is 11.8 Å². The van der Waals surface area contributed by atoms with Gasteiger partial charge in [-0.1, -0.05) is 26.8 Å². The summed E-state index contributed by atoms with van der Waals surface area (Å²) in [5.74, 6) is 0.864. The van der Waals surface area contributed by atoms with Crippen molar-refractivity contribution in [1.29, 1.82) is 0 Å². The van der Waals surface area contributed by atoms with Crippen molar-refractivity contribution in [3.05, 3.63) is 23.9 Å². The molecule has 0 bridgehead atoms. The number of nitrogens with one attached hydrogen (secondary N) is 1. The Kier molecular flexibility index (Phi) is 5.43. The first kappa shape index (κ1) is 16.8. The van der Waals surface area contributed by atoms with E-state index < -0.39 is 0 Å². The SMILES string of the molecule is Cc1ccc(OC2CCC(NC(=O)CC(C)(C)C)CC2)nc1. The molecule has 0 saturated heterocycles. The van der Waals surface area contributed by atoms with Crippen LogP contribution in [0.15, 0.2) is 18.3 Å². The van der Waals surface area contributed by atoms with Crippen LogP contribution in [0.25, 0.3) is 0 Å². The van der Waals surface area contributed by atoms with Crippen molar-refractivity contribution >= 4 is 5.91 Å². The minimum Gasteiger partial charge on any atom is -0.474 e. The van der Waals surface area contributed by atoms with Crippen LogP contribution in [-0.2, 0) is 4.79 Å². The maximum Gasteiger partial charge on any atom is 0.220 e. The van der Waals surface area contributed by atoms with Gasteiger partial charge in [-0.3, -0.25) is 4.79 Å². The molecule has 0 aromatic carbocycles. The summed E-state index contributed by atoms with van der Waals surface area (Å²) in [5, 5.41) is 3.16. The van der Waals surface area contributed by atoms with Crippen LogP contribution in [0.5, 0.6) is 5.88 Å². The molecule has 1 aromatic heterocycles. The van der Waals surface area contributed by atoms with Crippen LogP contribution < -0.4 is 10.1 Å². The quantitative estimate of drug-likeness (QED) is 0.924. The molecule has 1 N–H and O–H groups in total. The smallest absolute Gasteiger partial charge is 0.220 e. The lowest BCUT2D eigenvalue weighted by atomic mass is 9.90. The number of aryl methyl sites for hydroxylation is 1. The molecule has 22 heavy (non-hydrogen) atoms. The lowest BCUT2D eigenvalue weighted by Crippen LogP contribution is -2.40. The van der Waals surface area contributed by atoms with Gasteiger partial charge in [-0.05, 0) is 43.6 Å². The first-order chi connectivity index (χ1) is 10.3. The monoisotopic (exact) mass is 304 g/mol. The van der Waals surface area contributed by atoms with Crippen LogP contribution in [0.4, 0.5) is 0 Å². The van der Waals surface area contributed by atoms with Gasteiger partial charge >= 0.3 is 0 Å². The molecule has 0 aliphatic heterocycles. The van der Waals surface area contributed by atoms with Crippen LogP contribution in [-0.4, -0.2) is 23.0 Å². The maximum absolute atomic E-state index is 12.0. The highest BCUT2D eigenvalue weighted by Crippen LogP contribution is 2.24. The van der Waals surface area contributed by atoms with Gasteiger partial charge in [0.05, 0.1) is 0 Å². The molecular formula is C18H28N2O2. The van der Waals surface area contributed by atoms with Gasteiger partial charge in [0.25, 0.3) is 0 Å². The summed E-state index contributed by atoms with van der Waals surface area (Å²) >= 11 is 0. The molecule has 1 saturated carbocycles. The number of carbonyl (C=O) groups is 1. The Morgan fingerprint density at radius 3 is 2.50 bits per heavy atom. The van der Waals surface area contributed by atoms with Gasteiger partial charge in [0.15, 0.2) is 0 Å². The van der Waals surface area contributed by atoms with E-state index >= 15 is 0 Å². The average molecular weight is 304 g/mol. The van der Waals surface area contributed by atoms with Gasteiger partial charge in [-0.15, -0.1) is 0 Å². The van der Waals surface area contributed by atoms with Crippen LogP contribution in [0, 0.1) is 12.3 Å². The Morgan fingerprint density at radius 2 is 1.95 bits per heavy atom. The number of nitrogens with zero attached hydrogens (tertiary/aromatic N) is 1. The van der Waals surface area contributed by atoms with Crippen LogP contribution in [0.3, 0.4) is 0 Å². The zero-order valence-corrected chi connectivity index (χ0v) is 14.2. The molecule has 1 aromatic rings. The Labute approximate surface area is 133 Å². The van der Waals surface area contributed by atoms with Crippen molar-refractivity contribution in [1.82, 2.24) is 10.3 Å². The summed E-state index contributed by atoms with van der Waals surface area (Å²) in [5.41, 5.74) is 1.18. The minimum atomic E-state index is 0.0432. The fourth-order valence-corrected chi connectivity index (χ4v) is 2.78. The second-order valence-electron chi connectivity index (χ2n) is 7.57. The number of ether oxygens (including phenoxy) is 1. The highest BCUT2D eigenvalue weighted by Gasteiger charge is 2.25. The summed E-state index contributed by atoms with van der Waals surface area (Å²) in [6.07, 6.45) is 6.51. The molecule has 1 amide bonds. The second-order valence-corrected chi connectivity index (χ2v) is 7.57. The van der Waals surface area contributed by atoms with Crippen molar-refractivity contribution in [2.75, 3.05) is 0 Å². The number of pyridine rings is 1. The fourth-order valence-electron chi connectivity index (χ4n) is 2.78. The Bertz CT molecular complexity index is 483. The summed E-state index contributed by atoms with van der Waals surface area (Å²) in [4.78, 5) is 16.3. The summed E-state index contributed by atoms with van der Waals surface area (Å²) in [7, 11) is 0. The zero-order valence-electron chi connectivity index (χ0n) is 14.2. The van der Waals surface area contributed by atoms with Crippen molar-refractivity contribution in [3.8, 4) is 5.88 Å². The van der Waals surface area contributed by atoms with Gasteiger partial charge in [-0.2, -0.15) is 0 Å². The predicted molar refractivity (Wildman–Crippen MR) is 87.9 cm³/mol. The molecule has 0 atom stereocenters. The lowest BCUT2D eigenvalue weighted by Gasteiger charge is -2.30. The number of amides is 1. The predicted octanol–water partition coefficient (Wildman–Crippen LogP) is 3.63. The molecule has 1 aliphatic rings. The molecule has 122 valence electrons. The van der Waals surface area contributed by atoms with E-state index in [0.29, 0.717) is 18.3 Å². The van der Waals surface area contributed by atoms with Crippen molar-refractivity contribution < 1.29 is 9.53 Å². The molecule has 2 rings (SSSR count). The van der Waals surface area contributed by atoms with E-state index in [0.717, 1.165) is 31.2 Å². The van der Waals surface area contributed by atoms with Crippen LogP contribution in [0.1, 0.15) is 58.4 Å². The average Bonchev–Trinajstić information content (AvgIpc) is 2.41. The van der Waals surface area contributed by atoms with Gasteiger partial charge in [0.1, 0.15) is 6.10 Å². The molecular weight excluding hydrogens is 276 g/mol. The molecule has 0 radical (unpaired) electrons. The molecule has 1 aliphatic carbocycles. The largest absolute Gasteiger partial charge is 0.474 e. The van der Waals surface area contributed by atoms with E-state index in [2.05, 4.69) is 31.1 Å². The number of hydrogen-bond acceptors (Lipinski definition) is 3. The van der Waals surface area contributed by atoms with Crippen molar-refractivity contribution in [2.45, 2.75) is 71.9 Å². The van der Waals surface area contributed by atoms with E-state index in [-0.39, 0.29) is 17.4 Å².